The summed E-state index contributed by atoms with van der Waals surface area (Å²) in [5.74, 6) is 0. The molecule has 0 aromatic carbocycles. The van der Waals surface area contributed by atoms with E-state index in [1.54, 1.807) is 0 Å². The molecule has 0 saturated heterocycles. The van der Waals surface area contributed by atoms with Crippen molar-refractivity contribution in [3.63, 3.8) is 0 Å². The first-order valence-electron chi connectivity index (χ1n) is 3.63. The third-order valence-corrected chi connectivity index (χ3v) is 1.89. The van der Waals surface area contributed by atoms with Crippen LogP contribution in [0, 0.1) is 0 Å². The number of aromatic nitrogens is 1. The van der Waals surface area contributed by atoms with Gasteiger partial charge < -0.3 is 4.90 Å². The Morgan fingerprint density at radius 3 is 2.55 bits per heavy atom. The average molecular weight is 146 g/mol. The summed E-state index contributed by atoms with van der Waals surface area (Å²) in [5, 5.41) is 0. The summed E-state index contributed by atoms with van der Waals surface area (Å²) in [6.07, 6.45) is 5.97. The number of fused-ring (bicyclic) bond motifs is 1. The Hall–Kier alpha value is -1.31. The van der Waals surface area contributed by atoms with Gasteiger partial charge in [-0.15, -0.1) is 0 Å². The predicted molar refractivity (Wildman–Crippen MR) is 47.5 cm³/mol. The Kier molecular flexibility index (Phi) is 1.22. The van der Waals surface area contributed by atoms with E-state index in [-0.39, 0.29) is 0 Å². The van der Waals surface area contributed by atoms with Crippen LogP contribution < -0.4 is 4.90 Å². The second-order valence-corrected chi connectivity index (χ2v) is 2.86. The molecule has 56 valence electrons. The number of hydrogen-bond acceptors (Lipinski definition) is 2. The number of rotatable bonds is 1. The minimum Gasteiger partial charge on any atom is -0.377 e. The molecule has 1 aliphatic rings. The van der Waals surface area contributed by atoms with E-state index >= 15 is 0 Å². The van der Waals surface area contributed by atoms with Gasteiger partial charge in [-0.3, -0.25) is 4.98 Å². The van der Waals surface area contributed by atoms with Crippen LogP contribution in [0.5, 0.6) is 0 Å². The lowest BCUT2D eigenvalue weighted by Gasteiger charge is -2.19. The SMILES string of the molecule is CN(C)c1ccnc2c1C=C2. The molecule has 0 radical (unpaired) electrons. The molecule has 0 saturated carbocycles. The molecule has 0 aliphatic heterocycles. The lowest BCUT2D eigenvalue weighted by Crippen LogP contribution is -2.12. The van der Waals surface area contributed by atoms with E-state index < -0.39 is 0 Å². The Labute approximate surface area is 66.2 Å². The van der Waals surface area contributed by atoms with Crippen molar-refractivity contribution in [3.8, 4) is 0 Å². The molecule has 2 nitrogen and oxygen atoms in total. The average Bonchev–Trinajstić information content (AvgIpc) is 1.90. The number of anilines is 1. The molecule has 1 aromatic heterocycles. The molecule has 0 bridgehead atoms. The minimum absolute atomic E-state index is 1.11. The second kappa shape index (κ2) is 2.09. The van der Waals surface area contributed by atoms with E-state index in [2.05, 4.69) is 16.0 Å². The molecule has 0 unspecified atom stereocenters. The van der Waals surface area contributed by atoms with Gasteiger partial charge in [-0.05, 0) is 18.2 Å². The molecule has 0 amide bonds. The Morgan fingerprint density at radius 1 is 1.27 bits per heavy atom. The zero-order valence-electron chi connectivity index (χ0n) is 6.70. The number of pyridine rings is 1. The molecular weight excluding hydrogens is 136 g/mol. The van der Waals surface area contributed by atoms with Crippen molar-refractivity contribution in [1.29, 1.82) is 0 Å². The van der Waals surface area contributed by atoms with Crippen molar-refractivity contribution in [2.75, 3.05) is 19.0 Å². The molecule has 1 aliphatic carbocycles. The van der Waals surface area contributed by atoms with Crippen LogP contribution in [0.1, 0.15) is 11.3 Å². The van der Waals surface area contributed by atoms with Crippen LogP contribution in [0.2, 0.25) is 0 Å². The molecule has 2 heteroatoms. The molecule has 2 rings (SSSR count). The summed E-state index contributed by atoms with van der Waals surface area (Å²) in [7, 11) is 4.09. The third-order valence-electron chi connectivity index (χ3n) is 1.89. The largest absolute Gasteiger partial charge is 0.377 e. The van der Waals surface area contributed by atoms with Gasteiger partial charge >= 0.3 is 0 Å². The molecule has 0 fully saturated rings. The summed E-state index contributed by atoms with van der Waals surface area (Å²) in [5.41, 5.74) is 3.62. The van der Waals surface area contributed by atoms with Gasteiger partial charge in [0.2, 0.25) is 0 Å². The highest BCUT2D eigenvalue weighted by Crippen LogP contribution is 2.29. The summed E-state index contributed by atoms with van der Waals surface area (Å²) in [6, 6.07) is 2.03. The lowest BCUT2D eigenvalue weighted by atomic mass is 10.0. The van der Waals surface area contributed by atoms with E-state index in [9.17, 15) is 0 Å². The van der Waals surface area contributed by atoms with Crippen LogP contribution in [0.3, 0.4) is 0 Å². The van der Waals surface area contributed by atoms with Crippen molar-refractivity contribution < 1.29 is 0 Å². The summed E-state index contributed by atoms with van der Waals surface area (Å²) in [4.78, 5) is 6.30. The van der Waals surface area contributed by atoms with Crippen LogP contribution in [-0.2, 0) is 0 Å². The van der Waals surface area contributed by atoms with Crippen molar-refractivity contribution in [2.45, 2.75) is 0 Å². The molecule has 1 aromatic rings. The number of nitrogens with zero attached hydrogens (tertiary/aromatic N) is 2. The maximum Gasteiger partial charge on any atom is 0.0723 e. The zero-order valence-corrected chi connectivity index (χ0v) is 6.70. The highest BCUT2D eigenvalue weighted by atomic mass is 15.1. The lowest BCUT2D eigenvalue weighted by molar-refractivity contribution is 1.11. The summed E-state index contributed by atoms with van der Waals surface area (Å²) < 4.78 is 0. The summed E-state index contributed by atoms with van der Waals surface area (Å²) in [6.45, 7) is 0. The van der Waals surface area contributed by atoms with Crippen molar-refractivity contribution in [1.82, 2.24) is 4.98 Å². The first-order valence-corrected chi connectivity index (χ1v) is 3.63. The first-order chi connectivity index (χ1) is 5.29. The van der Waals surface area contributed by atoms with Crippen LogP contribution in [0.25, 0.3) is 12.2 Å². The van der Waals surface area contributed by atoms with E-state index in [0.717, 1.165) is 5.69 Å². The fourth-order valence-corrected chi connectivity index (χ4v) is 1.24. The second-order valence-electron chi connectivity index (χ2n) is 2.86. The van der Waals surface area contributed by atoms with Gasteiger partial charge in [-0.25, -0.2) is 0 Å². The summed E-state index contributed by atoms with van der Waals surface area (Å²) >= 11 is 0. The molecule has 0 spiro atoms. The maximum atomic E-state index is 4.20. The van der Waals surface area contributed by atoms with Gasteiger partial charge in [0.15, 0.2) is 0 Å². The Bertz CT molecular complexity index is 313. The van der Waals surface area contributed by atoms with Gasteiger partial charge in [0.05, 0.1) is 5.69 Å². The quantitative estimate of drug-likeness (QED) is 0.608. The van der Waals surface area contributed by atoms with Crippen molar-refractivity contribution in [3.05, 3.63) is 23.5 Å². The van der Waals surface area contributed by atoms with E-state index in [1.165, 1.54) is 11.3 Å². The highest BCUT2D eigenvalue weighted by Gasteiger charge is 2.11. The van der Waals surface area contributed by atoms with Gasteiger partial charge in [0.25, 0.3) is 0 Å². The molecule has 0 N–H and O–H groups in total. The number of hydrogen-bond donors (Lipinski definition) is 0. The Balaban J connectivity index is 2.52. The normalized spacial score (nSPS) is 12.2. The standard InChI is InChI=1S/C9H10N2/c1-11(2)9-5-6-10-8-4-3-7(8)9/h3-6H,1-2H3. The van der Waals surface area contributed by atoms with Gasteiger partial charge in [-0.2, -0.15) is 0 Å². The van der Waals surface area contributed by atoms with E-state index in [1.807, 2.05) is 32.4 Å². The monoisotopic (exact) mass is 146 g/mol. The van der Waals surface area contributed by atoms with Crippen LogP contribution in [0.15, 0.2) is 12.3 Å². The zero-order chi connectivity index (χ0) is 7.84. The van der Waals surface area contributed by atoms with Gasteiger partial charge in [0.1, 0.15) is 0 Å². The van der Waals surface area contributed by atoms with Crippen LogP contribution in [-0.4, -0.2) is 19.1 Å². The minimum atomic E-state index is 1.11. The van der Waals surface area contributed by atoms with Gasteiger partial charge in [-0.1, -0.05) is 0 Å². The maximum absolute atomic E-state index is 4.20. The first kappa shape index (κ1) is 6.40. The topological polar surface area (TPSA) is 16.1 Å². The molecule has 1 heterocycles. The van der Waals surface area contributed by atoms with Gasteiger partial charge in [0, 0.05) is 31.5 Å². The highest BCUT2D eigenvalue weighted by molar-refractivity contribution is 5.90. The van der Waals surface area contributed by atoms with Crippen molar-refractivity contribution in [2.24, 2.45) is 0 Å². The molecule has 11 heavy (non-hydrogen) atoms. The smallest absolute Gasteiger partial charge is 0.0723 e. The molecule has 0 atom stereocenters. The van der Waals surface area contributed by atoms with Crippen LogP contribution in [0.4, 0.5) is 5.69 Å². The third kappa shape index (κ3) is 0.827. The Morgan fingerprint density at radius 2 is 2.09 bits per heavy atom. The fourth-order valence-electron chi connectivity index (χ4n) is 1.24. The van der Waals surface area contributed by atoms with E-state index in [4.69, 9.17) is 0 Å². The molecular formula is C9H10N2. The fraction of sp³-hybridized carbons (Fsp3) is 0.222. The predicted octanol–water partition coefficient (Wildman–Crippen LogP) is 1.63. The van der Waals surface area contributed by atoms with E-state index in [0.29, 0.717) is 0 Å². The van der Waals surface area contributed by atoms with Crippen molar-refractivity contribution >= 4 is 17.8 Å². The van der Waals surface area contributed by atoms with Crippen LogP contribution >= 0.6 is 0 Å².